The SMILES string of the molecule is CCc1cc(NN)nc(Cc2cc(C)cc(C)c2)n1. The summed E-state index contributed by atoms with van der Waals surface area (Å²) in [5.41, 5.74) is 7.36. The minimum absolute atomic E-state index is 0.672. The molecule has 0 saturated heterocycles. The Hall–Kier alpha value is -1.94. The Morgan fingerprint density at radius 3 is 2.32 bits per heavy atom. The molecule has 0 bridgehead atoms. The van der Waals surface area contributed by atoms with Crippen molar-refractivity contribution < 1.29 is 0 Å². The van der Waals surface area contributed by atoms with Gasteiger partial charge in [-0.3, -0.25) is 0 Å². The van der Waals surface area contributed by atoms with Crippen molar-refractivity contribution in [1.29, 1.82) is 0 Å². The van der Waals surface area contributed by atoms with Crippen LogP contribution in [0.25, 0.3) is 0 Å². The average Bonchev–Trinajstić information content (AvgIpc) is 2.37. The Morgan fingerprint density at radius 1 is 1.05 bits per heavy atom. The molecule has 0 aliphatic rings. The second kappa shape index (κ2) is 5.80. The summed E-state index contributed by atoms with van der Waals surface area (Å²) in [4.78, 5) is 8.96. The van der Waals surface area contributed by atoms with Gasteiger partial charge in [-0.05, 0) is 25.8 Å². The number of nitrogens with two attached hydrogens (primary N) is 1. The molecule has 1 aromatic heterocycles. The van der Waals surface area contributed by atoms with E-state index in [0.717, 1.165) is 24.4 Å². The summed E-state index contributed by atoms with van der Waals surface area (Å²) >= 11 is 0. The lowest BCUT2D eigenvalue weighted by atomic mass is 10.0. The van der Waals surface area contributed by atoms with Gasteiger partial charge in [0.2, 0.25) is 0 Å². The van der Waals surface area contributed by atoms with Crippen LogP contribution in [0.4, 0.5) is 5.82 Å². The van der Waals surface area contributed by atoms with E-state index < -0.39 is 0 Å². The zero-order valence-electron chi connectivity index (χ0n) is 11.7. The molecule has 2 aromatic rings. The molecule has 0 radical (unpaired) electrons. The van der Waals surface area contributed by atoms with Gasteiger partial charge in [0.15, 0.2) is 0 Å². The molecule has 0 atom stereocenters. The van der Waals surface area contributed by atoms with Crippen LogP contribution in [0.5, 0.6) is 0 Å². The molecule has 0 fully saturated rings. The van der Waals surface area contributed by atoms with Gasteiger partial charge in [0.05, 0.1) is 0 Å². The molecular weight excluding hydrogens is 236 g/mol. The van der Waals surface area contributed by atoms with E-state index in [4.69, 9.17) is 5.84 Å². The number of nitrogen functional groups attached to an aromatic ring is 1. The molecule has 0 amide bonds. The summed E-state index contributed by atoms with van der Waals surface area (Å²) in [6.45, 7) is 6.28. The maximum Gasteiger partial charge on any atom is 0.143 e. The number of hydrogen-bond acceptors (Lipinski definition) is 4. The normalized spacial score (nSPS) is 10.5. The molecule has 4 nitrogen and oxygen atoms in total. The maximum atomic E-state index is 5.44. The van der Waals surface area contributed by atoms with Crippen molar-refractivity contribution in [1.82, 2.24) is 9.97 Å². The first-order valence-electron chi connectivity index (χ1n) is 6.51. The van der Waals surface area contributed by atoms with Gasteiger partial charge in [0, 0.05) is 18.2 Å². The standard InChI is InChI=1S/C15H20N4/c1-4-13-9-15(19-16)18-14(17-13)8-12-6-10(2)5-11(3)7-12/h5-7,9H,4,8,16H2,1-3H3,(H,17,18,19). The minimum atomic E-state index is 0.672. The number of rotatable bonds is 4. The summed E-state index contributed by atoms with van der Waals surface area (Å²) in [6.07, 6.45) is 1.60. The van der Waals surface area contributed by atoms with Gasteiger partial charge in [-0.15, -0.1) is 0 Å². The van der Waals surface area contributed by atoms with E-state index in [1.807, 2.05) is 6.07 Å². The molecule has 1 aromatic carbocycles. The fourth-order valence-electron chi connectivity index (χ4n) is 2.24. The number of benzene rings is 1. The summed E-state index contributed by atoms with van der Waals surface area (Å²) < 4.78 is 0. The number of anilines is 1. The van der Waals surface area contributed by atoms with E-state index in [0.29, 0.717) is 5.82 Å². The van der Waals surface area contributed by atoms with E-state index >= 15 is 0 Å². The zero-order chi connectivity index (χ0) is 13.8. The molecule has 0 aliphatic carbocycles. The summed E-state index contributed by atoms with van der Waals surface area (Å²) in [7, 11) is 0. The quantitative estimate of drug-likeness (QED) is 0.652. The number of hydrogen-bond donors (Lipinski definition) is 2. The fraction of sp³-hybridized carbons (Fsp3) is 0.333. The van der Waals surface area contributed by atoms with E-state index in [9.17, 15) is 0 Å². The second-order valence-corrected chi connectivity index (χ2v) is 4.83. The highest BCUT2D eigenvalue weighted by Gasteiger charge is 2.05. The third-order valence-corrected chi connectivity index (χ3v) is 2.98. The van der Waals surface area contributed by atoms with Crippen LogP contribution in [0.2, 0.25) is 0 Å². The van der Waals surface area contributed by atoms with Crippen LogP contribution in [0.1, 0.15) is 35.1 Å². The van der Waals surface area contributed by atoms with Crippen LogP contribution < -0.4 is 11.3 Å². The second-order valence-electron chi connectivity index (χ2n) is 4.83. The zero-order valence-corrected chi connectivity index (χ0v) is 11.7. The summed E-state index contributed by atoms with van der Waals surface area (Å²) in [6, 6.07) is 8.39. The Labute approximate surface area is 114 Å². The number of aryl methyl sites for hydroxylation is 3. The molecule has 19 heavy (non-hydrogen) atoms. The Morgan fingerprint density at radius 2 is 1.74 bits per heavy atom. The van der Waals surface area contributed by atoms with Gasteiger partial charge in [-0.1, -0.05) is 36.2 Å². The molecule has 2 rings (SSSR count). The van der Waals surface area contributed by atoms with Crippen LogP contribution >= 0.6 is 0 Å². The molecule has 1 heterocycles. The predicted octanol–water partition coefficient (Wildman–Crippen LogP) is 2.53. The number of hydrazine groups is 1. The predicted molar refractivity (Wildman–Crippen MR) is 77.9 cm³/mol. The van der Waals surface area contributed by atoms with Crippen LogP contribution in [0.15, 0.2) is 24.3 Å². The Bertz CT molecular complexity index is 536. The Balaban J connectivity index is 2.31. The molecule has 0 unspecified atom stereocenters. The van der Waals surface area contributed by atoms with Crippen molar-refractivity contribution in [3.05, 3.63) is 52.5 Å². The van der Waals surface area contributed by atoms with Crippen LogP contribution in [0, 0.1) is 13.8 Å². The summed E-state index contributed by atoms with van der Waals surface area (Å²) in [5.74, 6) is 6.92. The Kier molecular flexibility index (Phi) is 4.12. The minimum Gasteiger partial charge on any atom is -0.308 e. The third-order valence-electron chi connectivity index (χ3n) is 2.98. The van der Waals surface area contributed by atoms with Crippen molar-refractivity contribution in [2.75, 3.05) is 5.43 Å². The third kappa shape index (κ3) is 3.51. The largest absolute Gasteiger partial charge is 0.308 e. The van der Waals surface area contributed by atoms with Crippen LogP contribution in [-0.4, -0.2) is 9.97 Å². The van der Waals surface area contributed by atoms with Crippen molar-refractivity contribution in [2.45, 2.75) is 33.6 Å². The molecule has 0 saturated carbocycles. The van der Waals surface area contributed by atoms with Gasteiger partial charge >= 0.3 is 0 Å². The lowest BCUT2D eigenvalue weighted by Crippen LogP contribution is -2.11. The smallest absolute Gasteiger partial charge is 0.143 e. The van der Waals surface area contributed by atoms with Crippen molar-refractivity contribution >= 4 is 5.82 Å². The van der Waals surface area contributed by atoms with Crippen LogP contribution in [0.3, 0.4) is 0 Å². The van der Waals surface area contributed by atoms with E-state index in [1.165, 1.54) is 16.7 Å². The lowest BCUT2D eigenvalue weighted by Gasteiger charge is -2.08. The molecule has 0 aliphatic heterocycles. The first kappa shape index (κ1) is 13.5. The topological polar surface area (TPSA) is 63.8 Å². The van der Waals surface area contributed by atoms with Gasteiger partial charge in [0.25, 0.3) is 0 Å². The lowest BCUT2D eigenvalue weighted by molar-refractivity contribution is 0.904. The highest BCUT2D eigenvalue weighted by Crippen LogP contribution is 2.14. The number of nitrogens with zero attached hydrogens (tertiary/aromatic N) is 2. The monoisotopic (exact) mass is 256 g/mol. The molecule has 3 N–H and O–H groups in total. The van der Waals surface area contributed by atoms with Crippen molar-refractivity contribution in [3.8, 4) is 0 Å². The highest BCUT2D eigenvalue weighted by molar-refractivity contribution is 5.36. The first-order chi connectivity index (χ1) is 9.10. The van der Waals surface area contributed by atoms with Gasteiger partial charge in [-0.2, -0.15) is 0 Å². The van der Waals surface area contributed by atoms with Gasteiger partial charge in [-0.25, -0.2) is 15.8 Å². The fourth-order valence-corrected chi connectivity index (χ4v) is 2.24. The molecule has 100 valence electrons. The van der Waals surface area contributed by atoms with E-state index in [2.05, 4.69) is 54.4 Å². The number of aromatic nitrogens is 2. The van der Waals surface area contributed by atoms with E-state index in [1.54, 1.807) is 0 Å². The van der Waals surface area contributed by atoms with Crippen molar-refractivity contribution in [2.24, 2.45) is 5.84 Å². The molecule has 4 heteroatoms. The summed E-state index contributed by atoms with van der Waals surface area (Å²) in [5, 5.41) is 0. The first-order valence-corrected chi connectivity index (χ1v) is 6.51. The van der Waals surface area contributed by atoms with Crippen molar-refractivity contribution in [3.63, 3.8) is 0 Å². The number of nitrogens with one attached hydrogen (secondary N) is 1. The van der Waals surface area contributed by atoms with Crippen LogP contribution in [-0.2, 0) is 12.8 Å². The van der Waals surface area contributed by atoms with Gasteiger partial charge in [0.1, 0.15) is 11.6 Å². The average molecular weight is 256 g/mol. The molecule has 0 spiro atoms. The highest BCUT2D eigenvalue weighted by atomic mass is 15.3. The maximum absolute atomic E-state index is 5.44. The van der Waals surface area contributed by atoms with E-state index in [-0.39, 0.29) is 0 Å². The molecular formula is C15H20N4. The van der Waals surface area contributed by atoms with Gasteiger partial charge < -0.3 is 5.43 Å².